The van der Waals surface area contributed by atoms with Crippen molar-refractivity contribution < 1.29 is 9.53 Å². The van der Waals surface area contributed by atoms with Crippen molar-refractivity contribution in [1.29, 1.82) is 0 Å². The number of esters is 1. The van der Waals surface area contributed by atoms with Gasteiger partial charge in [0, 0.05) is 6.42 Å². The Hall–Kier alpha value is -1.31. The van der Waals surface area contributed by atoms with Gasteiger partial charge in [-0.2, -0.15) is 0 Å². The highest BCUT2D eigenvalue weighted by molar-refractivity contribution is 5.69. The number of hydrogen-bond acceptors (Lipinski definition) is 2. The van der Waals surface area contributed by atoms with Crippen LogP contribution in [0, 0.1) is 19.8 Å². The summed E-state index contributed by atoms with van der Waals surface area (Å²) < 4.78 is 5.60. The zero-order chi connectivity index (χ0) is 18.5. The number of unbranched alkanes of at least 4 members (excludes halogenated alkanes) is 4. The standard InChI is InChI=1S/C23H38O2/c1-5-7-9-10-12-21(11-8-6-2)18-25-23(24)16-15-22-14-13-19(3)17-20(22)4/h13-14,17,21H,5-12,15-16,18H2,1-4H3. The Morgan fingerprint density at radius 2 is 1.72 bits per heavy atom. The first kappa shape index (κ1) is 21.7. The maximum absolute atomic E-state index is 12.1. The van der Waals surface area contributed by atoms with E-state index in [0.29, 0.717) is 18.9 Å². The molecular weight excluding hydrogens is 308 g/mol. The SMILES string of the molecule is CCCCCCC(CCCC)COC(=O)CCc1ccc(C)cc1C. The number of ether oxygens (including phenoxy) is 1. The van der Waals surface area contributed by atoms with Gasteiger partial charge in [0.25, 0.3) is 0 Å². The maximum atomic E-state index is 12.1. The van der Waals surface area contributed by atoms with E-state index in [1.807, 2.05) is 0 Å². The van der Waals surface area contributed by atoms with Crippen molar-refractivity contribution in [3.63, 3.8) is 0 Å². The molecule has 25 heavy (non-hydrogen) atoms. The van der Waals surface area contributed by atoms with E-state index in [9.17, 15) is 4.79 Å². The van der Waals surface area contributed by atoms with Crippen LogP contribution in [0.5, 0.6) is 0 Å². The van der Waals surface area contributed by atoms with E-state index in [4.69, 9.17) is 4.74 Å². The summed E-state index contributed by atoms with van der Waals surface area (Å²) in [4.78, 5) is 12.1. The second-order valence-electron chi connectivity index (χ2n) is 7.47. The summed E-state index contributed by atoms with van der Waals surface area (Å²) in [6.45, 7) is 9.29. The smallest absolute Gasteiger partial charge is 0.306 e. The van der Waals surface area contributed by atoms with Gasteiger partial charge in [-0.15, -0.1) is 0 Å². The number of carbonyl (C=O) groups excluding carboxylic acids is 1. The normalized spacial score (nSPS) is 12.2. The first-order valence-electron chi connectivity index (χ1n) is 10.3. The molecular formula is C23H38O2. The second-order valence-corrected chi connectivity index (χ2v) is 7.47. The molecule has 0 fully saturated rings. The van der Waals surface area contributed by atoms with Gasteiger partial charge in [0.1, 0.15) is 0 Å². The van der Waals surface area contributed by atoms with Gasteiger partial charge in [-0.25, -0.2) is 0 Å². The predicted octanol–water partition coefficient (Wildman–Crippen LogP) is 6.56. The molecule has 1 unspecified atom stereocenters. The third kappa shape index (κ3) is 9.67. The monoisotopic (exact) mass is 346 g/mol. The lowest BCUT2D eigenvalue weighted by molar-refractivity contribution is -0.145. The molecule has 0 heterocycles. The Labute approximate surface area is 155 Å². The summed E-state index contributed by atoms with van der Waals surface area (Å²) in [5, 5.41) is 0. The van der Waals surface area contributed by atoms with Gasteiger partial charge in [-0.3, -0.25) is 4.79 Å². The molecule has 0 N–H and O–H groups in total. The highest BCUT2D eigenvalue weighted by Crippen LogP contribution is 2.18. The van der Waals surface area contributed by atoms with E-state index in [1.165, 1.54) is 68.1 Å². The Balaban J connectivity index is 2.34. The lowest BCUT2D eigenvalue weighted by atomic mass is 9.96. The fraction of sp³-hybridized carbons (Fsp3) is 0.696. The van der Waals surface area contributed by atoms with Crippen molar-refractivity contribution in [1.82, 2.24) is 0 Å². The van der Waals surface area contributed by atoms with E-state index in [1.54, 1.807) is 0 Å². The fourth-order valence-electron chi connectivity index (χ4n) is 3.31. The molecule has 142 valence electrons. The molecule has 2 heteroatoms. The van der Waals surface area contributed by atoms with E-state index in [-0.39, 0.29) is 5.97 Å². The van der Waals surface area contributed by atoms with E-state index in [2.05, 4.69) is 45.9 Å². The van der Waals surface area contributed by atoms with E-state index in [0.717, 1.165) is 6.42 Å². The average Bonchev–Trinajstić information content (AvgIpc) is 2.59. The molecule has 0 aliphatic rings. The second kappa shape index (κ2) is 13.0. The molecule has 0 radical (unpaired) electrons. The molecule has 0 amide bonds. The first-order chi connectivity index (χ1) is 12.1. The quantitative estimate of drug-likeness (QED) is 0.299. The minimum atomic E-state index is -0.0463. The largest absolute Gasteiger partial charge is 0.465 e. The van der Waals surface area contributed by atoms with Crippen LogP contribution >= 0.6 is 0 Å². The van der Waals surface area contributed by atoms with Crippen LogP contribution in [-0.4, -0.2) is 12.6 Å². The topological polar surface area (TPSA) is 26.3 Å². The zero-order valence-corrected chi connectivity index (χ0v) is 16.9. The molecule has 1 rings (SSSR count). The molecule has 0 saturated heterocycles. The highest BCUT2D eigenvalue weighted by Gasteiger charge is 2.12. The van der Waals surface area contributed by atoms with Crippen LogP contribution < -0.4 is 0 Å². The molecule has 0 aromatic heterocycles. The molecule has 1 aromatic carbocycles. The van der Waals surface area contributed by atoms with Crippen LogP contribution in [0.3, 0.4) is 0 Å². The summed E-state index contributed by atoms with van der Waals surface area (Å²) in [6, 6.07) is 6.43. The number of carbonyl (C=O) groups is 1. The Morgan fingerprint density at radius 3 is 2.40 bits per heavy atom. The summed E-state index contributed by atoms with van der Waals surface area (Å²) >= 11 is 0. The highest BCUT2D eigenvalue weighted by atomic mass is 16.5. The van der Waals surface area contributed by atoms with Crippen LogP contribution in [-0.2, 0) is 16.0 Å². The van der Waals surface area contributed by atoms with Gasteiger partial charge < -0.3 is 4.74 Å². The van der Waals surface area contributed by atoms with Gasteiger partial charge in [0.05, 0.1) is 6.61 Å². The van der Waals surface area contributed by atoms with Crippen LogP contribution in [0.4, 0.5) is 0 Å². The molecule has 0 aliphatic carbocycles. The summed E-state index contributed by atoms with van der Waals surface area (Å²) in [6.07, 6.45) is 11.3. The van der Waals surface area contributed by atoms with Gasteiger partial charge in [-0.05, 0) is 50.2 Å². The molecule has 1 aromatic rings. The van der Waals surface area contributed by atoms with E-state index >= 15 is 0 Å². The molecule has 0 spiro atoms. The maximum Gasteiger partial charge on any atom is 0.306 e. The number of benzene rings is 1. The third-order valence-electron chi connectivity index (χ3n) is 5.01. The summed E-state index contributed by atoms with van der Waals surface area (Å²) in [5.41, 5.74) is 3.79. The summed E-state index contributed by atoms with van der Waals surface area (Å²) in [5.74, 6) is 0.497. The molecule has 2 nitrogen and oxygen atoms in total. The number of hydrogen-bond donors (Lipinski definition) is 0. The van der Waals surface area contributed by atoms with Crippen LogP contribution in [0.2, 0.25) is 0 Å². The van der Waals surface area contributed by atoms with Crippen molar-refractivity contribution in [3.8, 4) is 0 Å². The van der Waals surface area contributed by atoms with Crippen molar-refractivity contribution in [2.75, 3.05) is 6.61 Å². The van der Waals surface area contributed by atoms with Crippen molar-refractivity contribution >= 4 is 5.97 Å². The third-order valence-corrected chi connectivity index (χ3v) is 5.01. The first-order valence-corrected chi connectivity index (χ1v) is 10.3. The van der Waals surface area contributed by atoms with Gasteiger partial charge >= 0.3 is 5.97 Å². The summed E-state index contributed by atoms with van der Waals surface area (Å²) in [7, 11) is 0. The van der Waals surface area contributed by atoms with Crippen molar-refractivity contribution in [2.24, 2.45) is 5.92 Å². The minimum absolute atomic E-state index is 0.0463. The van der Waals surface area contributed by atoms with E-state index < -0.39 is 0 Å². The molecule has 1 atom stereocenters. The molecule has 0 bridgehead atoms. The van der Waals surface area contributed by atoms with Crippen LogP contribution in [0.25, 0.3) is 0 Å². The van der Waals surface area contributed by atoms with Gasteiger partial charge in [0.2, 0.25) is 0 Å². The van der Waals surface area contributed by atoms with Crippen LogP contribution in [0.1, 0.15) is 88.3 Å². The average molecular weight is 347 g/mol. The Kier molecular flexibility index (Phi) is 11.3. The minimum Gasteiger partial charge on any atom is -0.465 e. The number of rotatable bonds is 13. The molecule has 0 aliphatic heterocycles. The van der Waals surface area contributed by atoms with Crippen molar-refractivity contribution in [2.45, 2.75) is 91.9 Å². The Bertz CT molecular complexity index is 493. The molecule has 0 saturated carbocycles. The zero-order valence-electron chi connectivity index (χ0n) is 16.9. The predicted molar refractivity (Wildman–Crippen MR) is 107 cm³/mol. The Morgan fingerprint density at radius 1 is 1.00 bits per heavy atom. The fourth-order valence-corrected chi connectivity index (χ4v) is 3.31. The lowest BCUT2D eigenvalue weighted by Gasteiger charge is -2.17. The number of aryl methyl sites for hydroxylation is 3. The van der Waals surface area contributed by atoms with Crippen molar-refractivity contribution in [3.05, 3.63) is 34.9 Å². The lowest BCUT2D eigenvalue weighted by Crippen LogP contribution is -2.15. The van der Waals surface area contributed by atoms with Gasteiger partial charge in [-0.1, -0.05) is 76.1 Å². The van der Waals surface area contributed by atoms with Gasteiger partial charge in [0.15, 0.2) is 0 Å². The van der Waals surface area contributed by atoms with Crippen LogP contribution in [0.15, 0.2) is 18.2 Å².